The van der Waals surface area contributed by atoms with Crippen LogP contribution in [-0.2, 0) is 37.3 Å². The fourth-order valence-corrected chi connectivity index (χ4v) is 6.06. The maximum atomic E-state index is 13.4. The third kappa shape index (κ3) is 8.71. The number of methoxy groups -OCH3 is 2. The van der Waals surface area contributed by atoms with Crippen LogP contribution in [0.1, 0.15) is 18.1 Å². The van der Waals surface area contributed by atoms with Crippen LogP contribution >= 0.6 is 0 Å². The topological polar surface area (TPSA) is 124 Å². The van der Waals surface area contributed by atoms with Gasteiger partial charge in [-0.05, 0) is 73.0 Å². The zero-order valence-electron chi connectivity index (χ0n) is 25.2. The zero-order valence-corrected chi connectivity index (χ0v) is 26.0. The van der Waals surface area contributed by atoms with Crippen molar-refractivity contribution >= 4 is 21.8 Å². The molecule has 0 spiro atoms. The highest BCUT2D eigenvalue weighted by Gasteiger charge is 2.28. The lowest BCUT2D eigenvalue weighted by Gasteiger charge is -2.29. The predicted octanol–water partition coefficient (Wildman–Crippen LogP) is 2.88. The molecule has 12 heteroatoms. The largest absolute Gasteiger partial charge is 0.497 e. The van der Waals surface area contributed by atoms with E-state index in [-0.39, 0.29) is 24.0 Å². The number of hydrogen-bond donors (Lipinski definition) is 1. The molecular weight excluding hydrogens is 586 g/mol. The average molecular weight is 626 g/mol. The van der Waals surface area contributed by atoms with Crippen molar-refractivity contribution in [3.05, 3.63) is 83.9 Å². The maximum absolute atomic E-state index is 13.4. The SMILES string of the molecule is COc1ccc(CCNC(=O)[C@H](C)N(Cc2ccc(OC)cc2)C(=O)COc2ccc(S(=O)(=O)N3CCOCC3)cc2)cc1. The second kappa shape index (κ2) is 15.6. The second-order valence-electron chi connectivity index (χ2n) is 10.2. The summed E-state index contributed by atoms with van der Waals surface area (Å²) in [5.74, 6) is 1.08. The van der Waals surface area contributed by atoms with E-state index in [9.17, 15) is 18.0 Å². The number of rotatable bonds is 14. The molecule has 1 aliphatic rings. The van der Waals surface area contributed by atoms with Gasteiger partial charge in [0.05, 0.1) is 32.3 Å². The number of ether oxygens (including phenoxy) is 4. The number of nitrogens with one attached hydrogen (secondary N) is 1. The number of morpholine rings is 1. The molecule has 0 aromatic heterocycles. The highest BCUT2D eigenvalue weighted by molar-refractivity contribution is 7.89. The van der Waals surface area contributed by atoms with Crippen molar-refractivity contribution in [2.24, 2.45) is 0 Å². The van der Waals surface area contributed by atoms with Gasteiger partial charge in [0, 0.05) is 26.2 Å². The van der Waals surface area contributed by atoms with E-state index in [2.05, 4.69) is 5.32 Å². The minimum absolute atomic E-state index is 0.138. The monoisotopic (exact) mass is 625 g/mol. The molecule has 1 fully saturated rings. The molecule has 44 heavy (non-hydrogen) atoms. The molecule has 236 valence electrons. The van der Waals surface area contributed by atoms with E-state index in [1.165, 1.54) is 33.5 Å². The molecule has 0 saturated carbocycles. The molecule has 0 radical (unpaired) electrons. The second-order valence-corrected chi connectivity index (χ2v) is 12.1. The van der Waals surface area contributed by atoms with E-state index in [0.717, 1.165) is 16.9 Å². The van der Waals surface area contributed by atoms with Crippen molar-refractivity contribution in [2.45, 2.75) is 30.8 Å². The molecule has 4 rings (SSSR count). The van der Waals surface area contributed by atoms with Gasteiger partial charge in [-0.25, -0.2) is 8.42 Å². The molecular formula is C32H39N3O8S. The summed E-state index contributed by atoms with van der Waals surface area (Å²) in [4.78, 5) is 28.2. The first-order valence-corrected chi connectivity index (χ1v) is 15.8. The van der Waals surface area contributed by atoms with Crippen molar-refractivity contribution in [1.82, 2.24) is 14.5 Å². The molecule has 1 saturated heterocycles. The van der Waals surface area contributed by atoms with Crippen LogP contribution in [0, 0.1) is 0 Å². The minimum atomic E-state index is -3.65. The number of benzene rings is 3. The van der Waals surface area contributed by atoms with Crippen molar-refractivity contribution < 1.29 is 37.0 Å². The van der Waals surface area contributed by atoms with Crippen molar-refractivity contribution in [1.29, 1.82) is 0 Å². The van der Waals surface area contributed by atoms with Crippen molar-refractivity contribution in [2.75, 3.05) is 53.7 Å². The highest BCUT2D eigenvalue weighted by Crippen LogP contribution is 2.21. The molecule has 11 nitrogen and oxygen atoms in total. The third-order valence-corrected chi connectivity index (χ3v) is 9.26. The van der Waals surface area contributed by atoms with Gasteiger partial charge in [-0.2, -0.15) is 4.31 Å². The van der Waals surface area contributed by atoms with Crippen LogP contribution in [0.4, 0.5) is 0 Å². The molecule has 3 aromatic carbocycles. The summed E-state index contributed by atoms with van der Waals surface area (Å²) in [6, 6.07) is 20.0. The van der Waals surface area contributed by atoms with Crippen LogP contribution in [0.5, 0.6) is 17.2 Å². The van der Waals surface area contributed by atoms with E-state index >= 15 is 0 Å². The van der Waals surface area contributed by atoms with Gasteiger partial charge in [0.25, 0.3) is 5.91 Å². The van der Waals surface area contributed by atoms with Crippen LogP contribution < -0.4 is 19.5 Å². The van der Waals surface area contributed by atoms with E-state index in [4.69, 9.17) is 18.9 Å². The van der Waals surface area contributed by atoms with Gasteiger partial charge in [-0.1, -0.05) is 24.3 Å². The molecule has 1 heterocycles. The lowest BCUT2D eigenvalue weighted by atomic mass is 10.1. The number of carbonyl (C=O) groups is 2. The van der Waals surface area contributed by atoms with Gasteiger partial charge in [0.15, 0.2) is 6.61 Å². The fraction of sp³-hybridized carbons (Fsp3) is 0.375. The Bertz CT molecular complexity index is 1470. The molecule has 1 aliphatic heterocycles. The van der Waals surface area contributed by atoms with E-state index < -0.39 is 22.0 Å². The first-order valence-electron chi connectivity index (χ1n) is 14.3. The summed E-state index contributed by atoms with van der Waals surface area (Å²) in [5.41, 5.74) is 1.86. The predicted molar refractivity (Wildman–Crippen MR) is 164 cm³/mol. The standard InChI is InChI=1S/C32H39N3O8S/c1-24(32(37)33-17-16-25-4-8-27(40-2)9-5-25)35(22-26-6-10-28(41-3)11-7-26)31(36)23-43-29-12-14-30(15-13-29)44(38,39)34-18-20-42-21-19-34/h4-15,24H,16-23H2,1-3H3,(H,33,37)/t24-/m0/s1. The quantitative estimate of drug-likeness (QED) is 0.290. The number of amides is 2. The van der Waals surface area contributed by atoms with Crippen LogP contribution in [-0.4, -0.2) is 89.2 Å². The Kier molecular flexibility index (Phi) is 11.6. The third-order valence-electron chi connectivity index (χ3n) is 7.35. The van der Waals surface area contributed by atoms with Gasteiger partial charge in [0.2, 0.25) is 15.9 Å². The lowest BCUT2D eigenvalue weighted by Crippen LogP contribution is -2.49. The normalized spacial score (nSPS) is 14.3. The Balaban J connectivity index is 1.39. The van der Waals surface area contributed by atoms with Crippen LogP contribution in [0.2, 0.25) is 0 Å². The summed E-state index contributed by atoms with van der Waals surface area (Å²) >= 11 is 0. The summed E-state index contributed by atoms with van der Waals surface area (Å²) in [6.07, 6.45) is 0.620. The number of nitrogens with zero attached hydrogens (tertiary/aromatic N) is 2. The van der Waals surface area contributed by atoms with Crippen LogP contribution in [0.3, 0.4) is 0 Å². The Morgan fingerprint density at radius 3 is 1.98 bits per heavy atom. The molecule has 1 N–H and O–H groups in total. The molecule has 0 unspecified atom stereocenters. The summed E-state index contributed by atoms with van der Waals surface area (Å²) in [6.45, 7) is 3.22. The maximum Gasteiger partial charge on any atom is 0.261 e. The first kappa shape index (κ1) is 32.8. The average Bonchev–Trinajstić information content (AvgIpc) is 3.07. The van der Waals surface area contributed by atoms with Crippen molar-refractivity contribution in [3.8, 4) is 17.2 Å². The van der Waals surface area contributed by atoms with Crippen molar-refractivity contribution in [3.63, 3.8) is 0 Å². The van der Waals surface area contributed by atoms with Gasteiger partial charge >= 0.3 is 0 Å². The smallest absolute Gasteiger partial charge is 0.261 e. The van der Waals surface area contributed by atoms with Gasteiger partial charge in [-0.15, -0.1) is 0 Å². The van der Waals surface area contributed by atoms with Crippen LogP contribution in [0.25, 0.3) is 0 Å². The van der Waals surface area contributed by atoms with Gasteiger partial charge in [0.1, 0.15) is 23.3 Å². The first-order chi connectivity index (χ1) is 21.2. The fourth-order valence-electron chi connectivity index (χ4n) is 4.65. The van der Waals surface area contributed by atoms with Crippen LogP contribution in [0.15, 0.2) is 77.7 Å². The van der Waals surface area contributed by atoms with E-state index in [0.29, 0.717) is 50.8 Å². The number of carbonyl (C=O) groups excluding carboxylic acids is 2. The zero-order chi connectivity index (χ0) is 31.5. The van der Waals surface area contributed by atoms with Gasteiger partial charge in [-0.3, -0.25) is 9.59 Å². The van der Waals surface area contributed by atoms with E-state index in [1.54, 1.807) is 33.3 Å². The molecule has 1 atom stereocenters. The Hall–Kier alpha value is -4.13. The number of sulfonamides is 1. The Morgan fingerprint density at radius 1 is 0.864 bits per heavy atom. The Morgan fingerprint density at radius 2 is 1.41 bits per heavy atom. The molecule has 0 aliphatic carbocycles. The molecule has 3 aromatic rings. The Labute approximate surface area is 258 Å². The number of hydrogen-bond acceptors (Lipinski definition) is 8. The minimum Gasteiger partial charge on any atom is -0.497 e. The molecule has 2 amide bonds. The summed E-state index contributed by atoms with van der Waals surface area (Å²) < 4.78 is 48.6. The highest BCUT2D eigenvalue weighted by atomic mass is 32.2. The lowest BCUT2D eigenvalue weighted by molar-refractivity contribution is -0.142. The molecule has 0 bridgehead atoms. The summed E-state index contributed by atoms with van der Waals surface area (Å²) in [5, 5.41) is 2.93. The van der Waals surface area contributed by atoms with E-state index in [1.807, 2.05) is 36.4 Å². The summed E-state index contributed by atoms with van der Waals surface area (Å²) in [7, 11) is -0.467. The van der Waals surface area contributed by atoms with Gasteiger partial charge < -0.3 is 29.2 Å².